The normalized spacial score (nSPS) is 28.0. The average molecular weight is 300 g/mol. The van der Waals surface area contributed by atoms with Crippen LogP contribution in [0.2, 0.25) is 0 Å². The fourth-order valence-electron chi connectivity index (χ4n) is 2.82. The van der Waals surface area contributed by atoms with Crippen LogP contribution in [-0.2, 0) is 0 Å². The van der Waals surface area contributed by atoms with E-state index < -0.39 is 22.2 Å². The molecule has 1 aliphatic rings. The lowest BCUT2D eigenvalue weighted by Gasteiger charge is -2.53. The zero-order valence-corrected chi connectivity index (χ0v) is 12.2. The minimum Gasteiger partial charge on any atom is -0.487 e. The number of nitrogens with zero attached hydrogens (tertiary/aromatic N) is 1. The highest BCUT2D eigenvalue weighted by Gasteiger charge is 2.51. The van der Waals surface area contributed by atoms with Crippen molar-refractivity contribution in [2.75, 3.05) is 7.05 Å². The fourth-order valence-corrected chi connectivity index (χ4v) is 2.82. The third-order valence-corrected chi connectivity index (χ3v) is 4.56. The Balaban J connectivity index is 2.22. The molecule has 0 aromatic heterocycles. The molecule has 3 atom stereocenters. The van der Waals surface area contributed by atoms with Crippen LogP contribution in [0.25, 0.3) is 0 Å². The molecule has 1 aromatic carbocycles. The van der Waals surface area contributed by atoms with E-state index in [4.69, 9.17) is 4.74 Å². The Labute approximate surface area is 121 Å². The zero-order chi connectivity index (χ0) is 15.8. The second-order valence-corrected chi connectivity index (χ2v) is 5.53. The second kappa shape index (κ2) is 5.55. The van der Waals surface area contributed by atoms with Crippen LogP contribution in [0, 0.1) is 27.2 Å². The van der Waals surface area contributed by atoms with Crippen LogP contribution in [0.3, 0.4) is 0 Å². The number of hydrogen-bond donors (Lipinski definition) is 1. The Hall–Kier alpha value is -1.76. The number of halogens is 2. The van der Waals surface area contributed by atoms with Gasteiger partial charge in [-0.2, -0.15) is 4.39 Å². The molecule has 1 saturated carbocycles. The molecule has 0 radical (unpaired) electrons. The third-order valence-electron chi connectivity index (χ3n) is 4.56. The first kappa shape index (κ1) is 15.6. The molecule has 2 rings (SSSR count). The lowest BCUT2D eigenvalue weighted by atomic mass is 9.61. The molecule has 3 unspecified atom stereocenters. The van der Waals surface area contributed by atoms with Crippen molar-refractivity contribution in [3.63, 3.8) is 0 Å². The van der Waals surface area contributed by atoms with E-state index in [1.54, 1.807) is 0 Å². The van der Waals surface area contributed by atoms with Gasteiger partial charge in [0.2, 0.25) is 5.82 Å². The maximum Gasteiger partial charge on any atom is 0.307 e. The first-order valence-corrected chi connectivity index (χ1v) is 6.80. The summed E-state index contributed by atoms with van der Waals surface area (Å²) in [5.41, 5.74) is -1.07. The van der Waals surface area contributed by atoms with E-state index >= 15 is 0 Å². The first-order chi connectivity index (χ1) is 9.83. The number of hydrogen-bond acceptors (Lipinski definition) is 4. The Bertz CT molecular complexity index is 567. The molecule has 21 heavy (non-hydrogen) atoms. The molecule has 0 heterocycles. The summed E-state index contributed by atoms with van der Waals surface area (Å²) in [5, 5.41) is 13.7. The molecule has 1 aliphatic carbocycles. The van der Waals surface area contributed by atoms with Gasteiger partial charge in [0.05, 0.1) is 11.0 Å². The molecule has 0 spiro atoms. The average Bonchev–Trinajstić information content (AvgIpc) is 2.44. The standard InChI is InChI=1S/C14H18F2N2O3/c1-4-14(2)12(17-3)7-13(14)21-11-6-8(15)10(18(19)20)5-9(11)16/h5-6,12-13,17H,4,7H2,1-3H3. The quantitative estimate of drug-likeness (QED) is 0.670. The van der Waals surface area contributed by atoms with E-state index in [-0.39, 0.29) is 23.3 Å². The summed E-state index contributed by atoms with van der Waals surface area (Å²) in [6.45, 7) is 4.02. The zero-order valence-electron chi connectivity index (χ0n) is 12.2. The van der Waals surface area contributed by atoms with Gasteiger partial charge in [-0.05, 0) is 13.5 Å². The van der Waals surface area contributed by atoms with Gasteiger partial charge in [0.1, 0.15) is 6.10 Å². The molecule has 0 aliphatic heterocycles. The second-order valence-electron chi connectivity index (χ2n) is 5.53. The van der Waals surface area contributed by atoms with Crippen molar-refractivity contribution in [1.29, 1.82) is 0 Å². The van der Waals surface area contributed by atoms with Gasteiger partial charge in [0.15, 0.2) is 11.6 Å². The van der Waals surface area contributed by atoms with Crippen molar-refractivity contribution >= 4 is 5.69 Å². The van der Waals surface area contributed by atoms with Crippen molar-refractivity contribution in [3.05, 3.63) is 33.9 Å². The molecular weight excluding hydrogens is 282 g/mol. The number of ether oxygens (including phenoxy) is 1. The van der Waals surface area contributed by atoms with Crippen LogP contribution in [0.4, 0.5) is 14.5 Å². The van der Waals surface area contributed by atoms with Gasteiger partial charge >= 0.3 is 5.69 Å². The van der Waals surface area contributed by atoms with Crippen LogP contribution >= 0.6 is 0 Å². The fraction of sp³-hybridized carbons (Fsp3) is 0.571. The van der Waals surface area contributed by atoms with Crippen LogP contribution in [-0.4, -0.2) is 24.1 Å². The Morgan fingerprint density at radius 1 is 1.48 bits per heavy atom. The maximum atomic E-state index is 13.8. The highest BCUT2D eigenvalue weighted by molar-refractivity contribution is 5.39. The minimum atomic E-state index is -1.10. The highest BCUT2D eigenvalue weighted by Crippen LogP contribution is 2.46. The number of benzene rings is 1. The molecular formula is C14H18F2N2O3. The van der Waals surface area contributed by atoms with Crippen LogP contribution < -0.4 is 10.1 Å². The summed E-state index contributed by atoms with van der Waals surface area (Å²) in [4.78, 5) is 9.60. The summed E-state index contributed by atoms with van der Waals surface area (Å²) in [6, 6.07) is 1.55. The van der Waals surface area contributed by atoms with E-state index in [9.17, 15) is 18.9 Å². The maximum absolute atomic E-state index is 13.8. The van der Waals surface area contributed by atoms with Crippen molar-refractivity contribution in [1.82, 2.24) is 5.32 Å². The van der Waals surface area contributed by atoms with Crippen molar-refractivity contribution in [2.45, 2.75) is 38.8 Å². The van der Waals surface area contributed by atoms with Gasteiger partial charge in [-0.3, -0.25) is 10.1 Å². The topological polar surface area (TPSA) is 64.4 Å². The highest BCUT2D eigenvalue weighted by atomic mass is 19.1. The monoisotopic (exact) mass is 300 g/mol. The third kappa shape index (κ3) is 2.57. The molecule has 0 saturated heterocycles. The molecule has 0 amide bonds. The summed E-state index contributed by atoms with van der Waals surface area (Å²) >= 11 is 0. The predicted octanol–water partition coefficient (Wildman–Crippen LogP) is 3.03. The van der Waals surface area contributed by atoms with Crippen molar-refractivity contribution in [3.8, 4) is 5.75 Å². The lowest BCUT2D eigenvalue weighted by molar-refractivity contribution is -0.387. The van der Waals surface area contributed by atoms with Gasteiger partial charge in [0.25, 0.3) is 0 Å². The number of nitrogens with one attached hydrogen (secondary N) is 1. The minimum absolute atomic E-state index is 0.181. The van der Waals surface area contributed by atoms with Gasteiger partial charge in [-0.1, -0.05) is 13.8 Å². The van der Waals surface area contributed by atoms with Gasteiger partial charge in [0, 0.05) is 23.9 Å². The Morgan fingerprint density at radius 2 is 2.14 bits per heavy atom. The van der Waals surface area contributed by atoms with Gasteiger partial charge in [-0.15, -0.1) is 0 Å². The van der Waals surface area contributed by atoms with E-state index in [0.29, 0.717) is 12.5 Å². The number of nitro groups is 1. The lowest BCUT2D eigenvalue weighted by Crippen LogP contribution is -2.62. The summed E-state index contributed by atoms with van der Waals surface area (Å²) in [5.74, 6) is -2.30. The van der Waals surface area contributed by atoms with E-state index in [1.807, 2.05) is 20.9 Å². The summed E-state index contributed by atoms with van der Waals surface area (Å²) < 4.78 is 33.0. The van der Waals surface area contributed by atoms with Gasteiger partial charge < -0.3 is 10.1 Å². The summed E-state index contributed by atoms with van der Waals surface area (Å²) in [6.07, 6.45) is 1.24. The van der Waals surface area contributed by atoms with E-state index in [1.165, 1.54) is 0 Å². The van der Waals surface area contributed by atoms with Crippen molar-refractivity contribution < 1.29 is 18.4 Å². The SMILES string of the molecule is CCC1(C)C(NC)CC1Oc1cc(F)c([N+](=O)[O-])cc1F. The molecule has 1 N–H and O–H groups in total. The number of rotatable bonds is 5. The molecule has 1 aromatic rings. The Kier molecular flexibility index (Phi) is 4.13. The Morgan fingerprint density at radius 3 is 2.67 bits per heavy atom. The van der Waals surface area contributed by atoms with Gasteiger partial charge in [-0.25, -0.2) is 4.39 Å². The van der Waals surface area contributed by atoms with Crippen molar-refractivity contribution in [2.24, 2.45) is 5.41 Å². The first-order valence-electron chi connectivity index (χ1n) is 6.80. The van der Waals surface area contributed by atoms with Crippen LogP contribution in [0.15, 0.2) is 12.1 Å². The molecule has 1 fully saturated rings. The van der Waals surface area contributed by atoms with E-state index in [0.717, 1.165) is 12.5 Å². The molecule has 0 bridgehead atoms. The predicted molar refractivity (Wildman–Crippen MR) is 73.3 cm³/mol. The van der Waals surface area contributed by atoms with E-state index in [2.05, 4.69) is 5.32 Å². The largest absolute Gasteiger partial charge is 0.487 e. The smallest absolute Gasteiger partial charge is 0.307 e. The van der Waals surface area contributed by atoms with Crippen LogP contribution in [0.1, 0.15) is 26.7 Å². The summed E-state index contributed by atoms with van der Waals surface area (Å²) in [7, 11) is 1.85. The van der Waals surface area contributed by atoms with Crippen LogP contribution in [0.5, 0.6) is 5.75 Å². The molecule has 7 heteroatoms. The number of nitro benzene ring substituents is 1. The molecule has 5 nitrogen and oxygen atoms in total. The molecule has 116 valence electrons.